The van der Waals surface area contributed by atoms with Crippen LogP contribution in [0.5, 0.6) is 11.8 Å². The number of aromatic carboxylic acids is 1. The van der Waals surface area contributed by atoms with Gasteiger partial charge in [0.15, 0.2) is 0 Å². The van der Waals surface area contributed by atoms with Crippen LogP contribution in [-0.2, 0) is 6.54 Å². The second-order valence-corrected chi connectivity index (χ2v) is 11.4. The van der Waals surface area contributed by atoms with Crippen molar-refractivity contribution in [1.29, 1.82) is 0 Å². The van der Waals surface area contributed by atoms with E-state index >= 15 is 0 Å². The predicted octanol–water partition coefficient (Wildman–Crippen LogP) is 5.41. The minimum atomic E-state index is -0.980. The molecule has 2 saturated heterocycles. The van der Waals surface area contributed by atoms with E-state index in [2.05, 4.69) is 41.5 Å². The fraction of sp³-hybridized carbons (Fsp3) is 0.448. The monoisotopic (exact) mass is 547 g/mol. The highest BCUT2D eigenvalue weighted by Crippen LogP contribution is 2.39. The van der Waals surface area contributed by atoms with E-state index < -0.39 is 5.97 Å². The summed E-state index contributed by atoms with van der Waals surface area (Å²) in [5, 5.41) is 13.3. The van der Waals surface area contributed by atoms with Crippen LogP contribution in [0.2, 0.25) is 0 Å². The maximum atomic E-state index is 13.7. The summed E-state index contributed by atoms with van der Waals surface area (Å²) in [4.78, 5) is 40.1. The molecule has 10 heteroatoms. The number of nitrogens with zero attached hydrogens (tertiary/aromatic N) is 5. The standard InChI is InChI=1S/C29H33N5O4S/c35-27(36)21-5-7-25(8-6-21)38-28-30-15-20(16-31-28)17-32-12-9-24(10-13-32)34-26(22-11-14-39-19-22)18-33(29(34)37)23-3-1-2-4-23/h5-8,11,14-16,19,23-24,26H,1-4,9-10,12-13,17-18H2,(H,35,36)/t26-/m0/s1. The average molecular weight is 548 g/mol. The van der Waals surface area contributed by atoms with Gasteiger partial charge in [0.25, 0.3) is 0 Å². The molecule has 0 bridgehead atoms. The molecule has 204 valence electrons. The van der Waals surface area contributed by atoms with Gasteiger partial charge in [-0.15, -0.1) is 0 Å². The lowest BCUT2D eigenvalue weighted by atomic mass is 10.00. The third kappa shape index (κ3) is 5.62. The number of carboxylic acids is 1. The molecule has 2 aliphatic heterocycles. The molecule has 0 spiro atoms. The quantitative estimate of drug-likeness (QED) is 0.402. The minimum absolute atomic E-state index is 0.155. The van der Waals surface area contributed by atoms with E-state index in [4.69, 9.17) is 9.84 Å². The van der Waals surface area contributed by atoms with Crippen molar-refractivity contribution in [2.24, 2.45) is 0 Å². The lowest BCUT2D eigenvalue weighted by molar-refractivity contribution is 0.0696. The fourth-order valence-electron chi connectivity index (χ4n) is 6.16. The normalized spacial score (nSPS) is 21.1. The predicted molar refractivity (Wildman–Crippen MR) is 147 cm³/mol. The molecule has 1 saturated carbocycles. The van der Waals surface area contributed by atoms with Gasteiger partial charge in [0.2, 0.25) is 0 Å². The molecule has 3 aromatic rings. The van der Waals surface area contributed by atoms with Gasteiger partial charge >= 0.3 is 18.0 Å². The number of piperidine rings is 1. The molecule has 1 aliphatic carbocycles. The number of urea groups is 1. The van der Waals surface area contributed by atoms with Gasteiger partial charge in [-0.3, -0.25) is 4.90 Å². The van der Waals surface area contributed by atoms with Crippen molar-refractivity contribution < 1.29 is 19.4 Å². The zero-order valence-corrected chi connectivity index (χ0v) is 22.6. The second-order valence-electron chi connectivity index (χ2n) is 10.7. The Kier molecular flexibility index (Phi) is 7.47. The van der Waals surface area contributed by atoms with Crippen LogP contribution in [0.3, 0.4) is 0 Å². The van der Waals surface area contributed by atoms with E-state index in [0.29, 0.717) is 11.8 Å². The van der Waals surface area contributed by atoms with Crippen LogP contribution in [0, 0.1) is 0 Å². The Hall–Kier alpha value is -3.50. The summed E-state index contributed by atoms with van der Waals surface area (Å²) in [6.07, 6.45) is 10.2. The number of benzene rings is 1. The van der Waals surface area contributed by atoms with Gasteiger partial charge in [-0.25, -0.2) is 19.6 Å². The first kappa shape index (κ1) is 25.8. The number of amides is 2. The fourth-order valence-corrected chi connectivity index (χ4v) is 6.87. The largest absolute Gasteiger partial charge is 0.478 e. The van der Waals surface area contributed by atoms with Crippen molar-refractivity contribution in [2.75, 3.05) is 19.6 Å². The number of aromatic nitrogens is 2. The molecule has 6 rings (SSSR count). The summed E-state index contributed by atoms with van der Waals surface area (Å²) in [5.41, 5.74) is 2.47. The van der Waals surface area contributed by atoms with Gasteiger partial charge in [0.1, 0.15) is 5.75 Å². The van der Waals surface area contributed by atoms with Crippen LogP contribution >= 0.6 is 11.3 Å². The average Bonchev–Trinajstić information content (AvgIpc) is 3.73. The minimum Gasteiger partial charge on any atom is -0.478 e. The highest BCUT2D eigenvalue weighted by molar-refractivity contribution is 7.08. The van der Waals surface area contributed by atoms with Crippen molar-refractivity contribution in [1.82, 2.24) is 24.7 Å². The summed E-state index contributed by atoms with van der Waals surface area (Å²) < 4.78 is 5.66. The Morgan fingerprint density at radius 3 is 2.36 bits per heavy atom. The Labute approximate surface area is 232 Å². The number of rotatable bonds is 8. The van der Waals surface area contributed by atoms with Crippen LogP contribution in [0.25, 0.3) is 0 Å². The van der Waals surface area contributed by atoms with Crippen molar-refractivity contribution in [3.63, 3.8) is 0 Å². The molecule has 1 aromatic carbocycles. The number of ether oxygens (including phenoxy) is 1. The van der Waals surface area contributed by atoms with Crippen molar-refractivity contribution in [3.8, 4) is 11.8 Å². The molecule has 9 nitrogen and oxygen atoms in total. The number of hydrogen-bond acceptors (Lipinski definition) is 7. The van der Waals surface area contributed by atoms with Crippen LogP contribution in [0.4, 0.5) is 4.79 Å². The highest BCUT2D eigenvalue weighted by atomic mass is 32.1. The number of thiophene rings is 1. The zero-order valence-electron chi connectivity index (χ0n) is 21.8. The van der Waals surface area contributed by atoms with Crippen LogP contribution in [-0.4, -0.2) is 73.5 Å². The molecule has 2 amide bonds. The summed E-state index contributed by atoms with van der Waals surface area (Å²) in [7, 11) is 0. The van der Waals surface area contributed by atoms with E-state index in [0.717, 1.165) is 57.4 Å². The van der Waals surface area contributed by atoms with Crippen molar-refractivity contribution in [3.05, 3.63) is 70.2 Å². The smallest absolute Gasteiger partial charge is 0.335 e. The zero-order chi connectivity index (χ0) is 26.8. The number of carbonyl (C=O) groups excluding carboxylic acids is 1. The summed E-state index contributed by atoms with van der Waals surface area (Å²) in [6.45, 7) is 3.40. The topological polar surface area (TPSA) is 99.1 Å². The molecule has 39 heavy (non-hydrogen) atoms. The molecule has 1 N–H and O–H groups in total. The Morgan fingerprint density at radius 1 is 1.00 bits per heavy atom. The van der Waals surface area contributed by atoms with E-state index in [1.165, 1.54) is 30.5 Å². The summed E-state index contributed by atoms with van der Waals surface area (Å²) in [5.74, 6) is -0.495. The van der Waals surface area contributed by atoms with Gasteiger partial charge in [-0.05, 0) is 72.3 Å². The summed E-state index contributed by atoms with van der Waals surface area (Å²) >= 11 is 1.71. The molecule has 1 atom stereocenters. The number of carbonyl (C=O) groups is 2. The van der Waals surface area contributed by atoms with E-state index in [-0.39, 0.29) is 29.7 Å². The lowest BCUT2D eigenvalue weighted by Gasteiger charge is -2.39. The molecule has 4 heterocycles. The third-order valence-corrected chi connectivity index (χ3v) is 8.92. The van der Waals surface area contributed by atoms with Crippen molar-refractivity contribution >= 4 is 23.3 Å². The van der Waals surface area contributed by atoms with E-state index in [1.54, 1.807) is 35.9 Å². The van der Waals surface area contributed by atoms with Gasteiger partial charge in [0, 0.05) is 56.2 Å². The molecule has 0 unspecified atom stereocenters. The summed E-state index contributed by atoms with van der Waals surface area (Å²) in [6, 6.07) is 9.60. The van der Waals surface area contributed by atoms with Crippen LogP contribution in [0.1, 0.15) is 66.1 Å². The van der Waals surface area contributed by atoms with Crippen LogP contribution < -0.4 is 4.74 Å². The first-order chi connectivity index (χ1) is 19.0. The number of carboxylic acid groups (broad SMARTS) is 1. The third-order valence-electron chi connectivity index (χ3n) is 8.21. The SMILES string of the molecule is O=C(O)c1ccc(Oc2ncc(CN3CCC(N4C(=O)N(C5CCCC5)C[C@H]4c4ccsc4)CC3)cn2)cc1. The Bertz CT molecular complexity index is 1270. The number of hydrogen-bond donors (Lipinski definition) is 1. The maximum Gasteiger partial charge on any atom is 0.335 e. The second kappa shape index (κ2) is 11.3. The molecule has 2 aromatic heterocycles. The molecular formula is C29H33N5O4S. The Morgan fingerprint density at radius 2 is 1.72 bits per heavy atom. The van der Waals surface area contributed by atoms with Crippen LogP contribution in [0.15, 0.2) is 53.5 Å². The van der Waals surface area contributed by atoms with Gasteiger partial charge in [-0.2, -0.15) is 11.3 Å². The first-order valence-electron chi connectivity index (χ1n) is 13.7. The van der Waals surface area contributed by atoms with Gasteiger partial charge in [-0.1, -0.05) is 12.8 Å². The lowest BCUT2D eigenvalue weighted by Crippen LogP contribution is -2.47. The molecular weight excluding hydrogens is 514 g/mol. The van der Waals surface area contributed by atoms with E-state index in [9.17, 15) is 9.59 Å². The molecule has 3 fully saturated rings. The molecule has 0 radical (unpaired) electrons. The van der Waals surface area contributed by atoms with Gasteiger partial charge in [0.05, 0.1) is 11.6 Å². The van der Waals surface area contributed by atoms with Gasteiger partial charge < -0.3 is 19.6 Å². The molecule has 3 aliphatic rings. The number of likely N-dealkylation sites (tertiary alicyclic amines) is 1. The first-order valence-corrected chi connectivity index (χ1v) is 14.6. The van der Waals surface area contributed by atoms with E-state index in [1.807, 2.05) is 0 Å². The maximum absolute atomic E-state index is 13.7. The highest BCUT2D eigenvalue weighted by Gasteiger charge is 2.45. The Balaban J connectivity index is 1.05. The van der Waals surface area contributed by atoms with Crippen molar-refractivity contribution in [2.45, 2.75) is 63.2 Å².